The van der Waals surface area contributed by atoms with Crippen molar-refractivity contribution in [2.45, 2.75) is 38.0 Å². The monoisotopic (exact) mass is 165 g/mol. The molecule has 0 fully saturated rings. The topological polar surface area (TPSA) is 60.2 Å². The highest BCUT2D eigenvalue weighted by Gasteiger charge is 2.02. The first-order chi connectivity index (χ1) is 4.68. The van der Waals surface area contributed by atoms with Crippen molar-refractivity contribution in [2.75, 3.05) is 0 Å². The van der Waals surface area contributed by atoms with Gasteiger partial charge in [-0.25, -0.2) is 8.42 Å². The van der Waals surface area contributed by atoms with Gasteiger partial charge in [0.15, 0.2) is 10.7 Å². The largest absolute Gasteiger partial charge is 0.315 e. The summed E-state index contributed by atoms with van der Waals surface area (Å²) in [5.41, 5.74) is 5.26. The van der Waals surface area contributed by atoms with E-state index < -0.39 is 16.1 Å². The molecule has 0 radical (unpaired) electrons. The van der Waals surface area contributed by atoms with Gasteiger partial charge in [-0.3, -0.25) is 0 Å². The zero-order valence-electron chi connectivity index (χ0n) is 6.25. The van der Waals surface area contributed by atoms with E-state index in [0.717, 1.165) is 19.3 Å². The van der Waals surface area contributed by atoms with Crippen LogP contribution in [0.4, 0.5) is 0 Å². The molecule has 0 amide bonds. The van der Waals surface area contributed by atoms with Gasteiger partial charge in [0.1, 0.15) is 5.37 Å². The number of unbranched alkanes of at least 4 members (excludes halogenated alkanes) is 2. The summed E-state index contributed by atoms with van der Waals surface area (Å²) >= 11 is 0. The van der Waals surface area contributed by atoms with Gasteiger partial charge in [0.05, 0.1) is 0 Å². The molecule has 0 aliphatic carbocycles. The SMILES string of the molecule is CCCCCC(N)[SH](=O)=O. The van der Waals surface area contributed by atoms with Gasteiger partial charge in [-0.1, -0.05) is 26.2 Å². The molecule has 2 N–H and O–H groups in total. The molecule has 0 saturated heterocycles. The number of rotatable bonds is 5. The van der Waals surface area contributed by atoms with Gasteiger partial charge in [-0.2, -0.15) is 0 Å². The van der Waals surface area contributed by atoms with Crippen molar-refractivity contribution in [1.82, 2.24) is 0 Å². The van der Waals surface area contributed by atoms with Gasteiger partial charge in [0, 0.05) is 0 Å². The second-order valence-electron chi connectivity index (χ2n) is 2.35. The van der Waals surface area contributed by atoms with Crippen LogP contribution in [-0.4, -0.2) is 13.8 Å². The molecule has 4 heteroatoms. The fraction of sp³-hybridized carbons (Fsp3) is 1.00. The van der Waals surface area contributed by atoms with Crippen molar-refractivity contribution in [3.63, 3.8) is 0 Å². The van der Waals surface area contributed by atoms with Gasteiger partial charge < -0.3 is 5.73 Å². The summed E-state index contributed by atoms with van der Waals surface area (Å²) < 4.78 is 20.4. The van der Waals surface area contributed by atoms with Crippen molar-refractivity contribution in [1.29, 1.82) is 0 Å². The Kier molecular flexibility index (Phi) is 5.63. The first-order valence-electron chi connectivity index (χ1n) is 3.57. The van der Waals surface area contributed by atoms with Crippen LogP contribution >= 0.6 is 0 Å². The maximum absolute atomic E-state index is 10.2. The molecule has 0 aromatic carbocycles. The molecule has 0 aliphatic heterocycles. The molecule has 1 atom stereocenters. The average Bonchev–Trinajstić information content (AvgIpc) is 1.88. The first-order valence-corrected chi connectivity index (χ1v) is 4.82. The quantitative estimate of drug-likeness (QED) is 0.459. The molecular weight excluding hydrogens is 150 g/mol. The highest BCUT2D eigenvalue weighted by Crippen LogP contribution is 2.01. The molecule has 0 aromatic heterocycles. The summed E-state index contributed by atoms with van der Waals surface area (Å²) in [6.45, 7) is 2.07. The number of hydrogen-bond acceptors (Lipinski definition) is 3. The van der Waals surface area contributed by atoms with Crippen LogP contribution in [0.15, 0.2) is 0 Å². The van der Waals surface area contributed by atoms with E-state index in [9.17, 15) is 8.42 Å². The Morgan fingerprint density at radius 2 is 2.00 bits per heavy atom. The molecule has 0 saturated carbocycles. The second-order valence-corrected chi connectivity index (χ2v) is 3.58. The lowest BCUT2D eigenvalue weighted by atomic mass is 10.2. The molecule has 0 aromatic rings. The number of nitrogens with two attached hydrogens (primary N) is 1. The third-order valence-electron chi connectivity index (χ3n) is 1.37. The van der Waals surface area contributed by atoms with E-state index in [1.807, 2.05) is 0 Å². The molecular formula is C6H15NO2S. The second kappa shape index (κ2) is 5.68. The van der Waals surface area contributed by atoms with Crippen molar-refractivity contribution >= 4 is 10.7 Å². The van der Waals surface area contributed by atoms with Gasteiger partial charge in [0.2, 0.25) is 0 Å². The van der Waals surface area contributed by atoms with Crippen molar-refractivity contribution in [2.24, 2.45) is 5.73 Å². The highest BCUT2D eigenvalue weighted by molar-refractivity contribution is 7.73. The van der Waals surface area contributed by atoms with E-state index in [4.69, 9.17) is 5.73 Å². The van der Waals surface area contributed by atoms with E-state index in [1.54, 1.807) is 0 Å². The number of hydrogen-bond donors (Lipinski definition) is 2. The summed E-state index contributed by atoms with van der Waals surface area (Å²) in [5.74, 6) is 0. The van der Waals surface area contributed by atoms with Gasteiger partial charge >= 0.3 is 0 Å². The Bertz CT molecular complexity index is 137. The van der Waals surface area contributed by atoms with Crippen molar-refractivity contribution in [3.05, 3.63) is 0 Å². The van der Waals surface area contributed by atoms with Crippen LogP contribution in [0.3, 0.4) is 0 Å². The Hall–Kier alpha value is -0.0900. The van der Waals surface area contributed by atoms with Crippen LogP contribution in [0, 0.1) is 0 Å². The summed E-state index contributed by atoms with van der Waals surface area (Å²) in [6.07, 6.45) is 3.69. The minimum Gasteiger partial charge on any atom is -0.315 e. The van der Waals surface area contributed by atoms with E-state index in [1.165, 1.54) is 0 Å². The molecule has 3 nitrogen and oxygen atoms in total. The van der Waals surface area contributed by atoms with E-state index in [2.05, 4.69) is 6.92 Å². The lowest BCUT2D eigenvalue weighted by Gasteiger charge is -2.00. The van der Waals surface area contributed by atoms with Crippen LogP contribution in [0.2, 0.25) is 0 Å². The van der Waals surface area contributed by atoms with E-state index >= 15 is 0 Å². The lowest BCUT2D eigenvalue weighted by molar-refractivity contribution is 0.580. The number of thiol groups is 1. The zero-order valence-corrected chi connectivity index (χ0v) is 7.14. The van der Waals surface area contributed by atoms with Crippen molar-refractivity contribution < 1.29 is 8.42 Å². The highest BCUT2D eigenvalue weighted by atomic mass is 32.2. The maximum atomic E-state index is 10.2. The molecule has 0 bridgehead atoms. The summed E-state index contributed by atoms with van der Waals surface area (Å²) in [4.78, 5) is 0. The predicted octanol–water partition coefficient (Wildman–Crippen LogP) is 0.463. The molecule has 0 aliphatic rings. The Balaban J connectivity index is 3.30. The summed E-state index contributed by atoms with van der Waals surface area (Å²) in [6, 6.07) is 0. The van der Waals surface area contributed by atoms with Crippen LogP contribution in [-0.2, 0) is 10.7 Å². The van der Waals surface area contributed by atoms with E-state index in [-0.39, 0.29) is 0 Å². The van der Waals surface area contributed by atoms with Crippen molar-refractivity contribution in [3.8, 4) is 0 Å². The Labute approximate surface area is 63.6 Å². The average molecular weight is 165 g/mol. The molecule has 0 heterocycles. The predicted molar refractivity (Wildman–Crippen MR) is 42.4 cm³/mol. The Morgan fingerprint density at radius 1 is 1.40 bits per heavy atom. The van der Waals surface area contributed by atoms with Gasteiger partial charge in [0.25, 0.3) is 0 Å². The molecule has 0 spiro atoms. The molecule has 0 rings (SSSR count). The molecule has 62 valence electrons. The Morgan fingerprint density at radius 3 is 2.40 bits per heavy atom. The van der Waals surface area contributed by atoms with Gasteiger partial charge in [-0.05, 0) is 6.42 Å². The minimum atomic E-state index is -2.40. The smallest absolute Gasteiger partial charge is 0.155 e. The first kappa shape index (κ1) is 9.91. The standard InChI is InChI=1S/C6H15NO2S/c1-2-3-4-5-6(7)10(8)9/h6,10H,2-5,7H2,1H3. The zero-order chi connectivity index (χ0) is 7.98. The summed E-state index contributed by atoms with van der Waals surface area (Å²) in [5, 5.41) is -0.624. The fourth-order valence-corrected chi connectivity index (χ4v) is 1.10. The minimum absolute atomic E-state index is 0.604. The lowest BCUT2D eigenvalue weighted by Crippen LogP contribution is -2.20. The normalized spacial score (nSPS) is 13.9. The molecule has 10 heavy (non-hydrogen) atoms. The van der Waals surface area contributed by atoms with Crippen LogP contribution < -0.4 is 5.73 Å². The van der Waals surface area contributed by atoms with Crippen LogP contribution in [0.5, 0.6) is 0 Å². The van der Waals surface area contributed by atoms with Crippen LogP contribution in [0.25, 0.3) is 0 Å². The third-order valence-corrected chi connectivity index (χ3v) is 2.17. The van der Waals surface area contributed by atoms with Crippen LogP contribution in [0.1, 0.15) is 32.6 Å². The maximum Gasteiger partial charge on any atom is 0.155 e. The van der Waals surface area contributed by atoms with Gasteiger partial charge in [-0.15, -0.1) is 0 Å². The molecule has 1 unspecified atom stereocenters. The summed E-state index contributed by atoms with van der Waals surface area (Å²) in [7, 11) is -2.40. The van der Waals surface area contributed by atoms with E-state index in [0.29, 0.717) is 6.42 Å². The fourth-order valence-electron chi connectivity index (χ4n) is 0.709. The third kappa shape index (κ3) is 4.76.